The third-order valence-electron chi connectivity index (χ3n) is 4.79. The second kappa shape index (κ2) is 10.6. The van der Waals surface area contributed by atoms with E-state index in [2.05, 4.69) is 5.92 Å². The van der Waals surface area contributed by atoms with Crippen molar-refractivity contribution in [3.8, 4) is 12.3 Å². The first kappa shape index (κ1) is 25.7. The van der Waals surface area contributed by atoms with Crippen LogP contribution < -0.4 is 0 Å². The molecule has 7 heteroatoms. The van der Waals surface area contributed by atoms with Crippen molar-refractivity contribution in [2.24, 2.45) is 0 Å². The molecular formula is C23H29F3O4. The number of esters is 1. The van der Waals surface area contributed by atoms with Gasteiger partial charge in [0.25, 0.3) is 5.60 Å². The zero-order valence-corrected chi connectivity index (χ0v) is 17.8. The molecule has 1 aromatic carbocycles. The standard InChI is InChI=1S/C23H29F3O4/c1-6-7-9-12-17(2)15-16-19(21(3,4)28)30-20(27)22(29-5,23(24,25)26)18-13-10-8-11-14-18/h1,8,10-14,19,28H,7,9,15-16H2,2-5H3/b17-12+/t19-,22+/m1/s1. The average molecular weight is 426 g/mol. The third kappa shape index (κ3) is 6.35. The summed E-state index contributed by atoms with van der Waals surface area (Å²) in [5.41, 5.74) is -4.32. The Morgan fingerprint density at radius 1 is 1.27 bits per heavy atom. The summed E-state index contributed by atoms with van der Waals surface area (Å²) in [5, 5.41) is 10.4. The van der Waals surface area contributed by atoms with Crippen molar-refractivity contribution >= 4 is 5.97 Å². The van der Waals surface area contributed by atoms with E-state index in [1.165, 1.54) is 32.0 Å². The molecule has 1 N–H and O–H groups in total. The number of allylic oxidation sites excluding steroid dienone is 2. The van der Waals surface area contributed by atoms with Crippen LogP contribution in [0.3, 0.4) is 0 Å². The Morgan fingerprint density at radius 2 is 1.87 bits per heavy atom. The van der Waals surface area contributed by atoms with Crippen molar-refractivity contribution < 1.29 is 32.5 Å². The Kier molecular flexibility index (Phi) is 9.13. The Balaban J connectivity index is 3.16. The number of carbonyl (C=O) groups excluding carboxylic acids is 1. The monoisotopic (exact) mass is 426 g/mol. The highest BCUT2D eigenvalue weighted by molar-refractivity contribution is 5.83. The molecule has 0 saturated heterocycles. The molecular weight excluding hydrogens is 397 g/mol. The largest absolute Gasteiger partial charge is 0.457 e. The average Bonchev–Trinajstić information content (AvgIpc) is 2.65. The van der Waals surface area contributed by atoms with Crippen molar-refractivity contribution in [3.63, 3.8) is 0 Å². The fourth-order valence-corrected chi connectivity index (χ4v) is 3.02. The molecule has 4 nitrogen and oxygen atoms in total. The number of terminal acetylenes is 1. The van der Waals surface area contributed by atoms with Crippen LogP contribution in [0.5, 0.6) is 0 Å². The Morgan fingerprint density at radius 3 is 2.33 bits per heavy atom. The summed E-state index contributed by atoms with van der Waals surface area (Å²) in [6.07, 6.45) is 2.68. The van der Waals surface area contributed by atoms with Gasteiger partial charge in [0.1, 0.15) is 6.10 Å². The van der Waals surface area contributed by atoms with Crippen LogP contribution in [0.15, 0.2) is 42.0 Å². The minimum atomic E-state index is -5.07. The van der Waals surface area contributed by atoms with Crippen molar-refractivity contribution in [2.45, 2.75) is 69.9 Å². The van der Waals surface area contributed by atoms with Crippen molar-refractivity contribution in [1.82, 2.24) is 0 Å². The lowest BCUT2D eigenvalue weighted by atomic mass is 9.91. The fraction of sp³-hybridized carbons (Fsp3) is 0.522. The summed E-state index contributed by atoms with van der Waals surface area (Å²) in [4.78, 5) is 12.8. The normalized spacial score (nSPS) is 15.8. The predicted molar refractivity (Wildman–Crippen MR) is 108 cm³/mol. The van der Waals surface area contributed by atoms with Crippen LogP contribution in [-0.4, -0.2) is 36.1 Å². The lowest BCUT2D eigenvalue weighted by Crippen LogP contribution is -2.54. The number of methoxy groups -OCH3 is 1. The molecule has 0 bridgehead atoms. The highest BCUT2D eigenvalue weighted by atomic mass is 19.4. The maximum absolute atomic E-state index is 14.0. The molecule has 0 radical (unpaired) electrons. The minimum Gasteiger partial charge on any atom is -0.457 e. The lowest BCUT2D eigenvalue weighted by molar-refractivity contribution is -0.281. The van der Waals surface area contributed by atoms with Crippen molar-refractivity contribution in [2.75, 3.05) is 7.11 Å². The first-order valence-corrected chi connectivity index (χ1v) is 9.60. The van der Waals surface area contributed by atoms with Crippen LogP contribution in [-0.2, 0) is 19.9 Å². The maximum Gasteiger partial charge on any atom is 0.432 e. The Hall–Kier alpha value is -2.30. The zero-order chi connectivity index (χ0) is 23.0. The number of ether oxygens (including phenoxy) is 2. The van der Waals surface area contributed by atoms with Crippen molar-refractivity contribution in [1.29, 1.82) is 0 Å². The van der Waals surface area contributed by atoms with Crippen LogP contribution in [0.2, 0.25) is 0 Å². The Bertz CT molecular complexity index is 757. The van der Waals surface area contributed by atoms with E-state index >= 15 is 0 Å². The highest BCUT2D eigenvalue weighted by Gasteiger charge is 2.64. The maximum atomic E-state index is 14.0. The second-order valence-electron chi connectivity index (χ2n) is 7.63. The first-order chi connectivity index (χ1) is 13.9. The number of halogens is 3. The molecule has 0 spiro atoms. The first-order valence-electron chi connectivity index (χ1n) is 9.60. The van der Waals surface area contributed by atoms with E-state index in [0.717, 1.165) is 24.8 Å². The number of carbonyl (C=O) groups is 1. The predicted octanol–water partition coefficient (Wildman–Crippen LogP) is 4.91. The summed E-state index contributed by atoms with van der Waals surface area (Å²) >= 11 is 0. The van der Waals surface area contributed by atoms with Gasteiger partial charge in [-0.05, 0) is 40.0 Å². The molecule has 0 unspecified atom stereocenters. The van der Waals surface area contributed by atoms with Gasteiger partial charge in [0.2, 0.25) is 0 Å². The number of rotatable bonds is 10. The van der Waals surface area contributed by atoms with Crippen LogP contribution in [0.1, 0.15) is 52.0 Å². The topological polar surface area (TPSA) is 55.8 Å². The van der Waals surface area contributed by atoms with Gasteiger partial charge in [-0.2, -0.15) is 13.2 Å². The van der Waals surface area contributed by atoms with Gasteiger partial charge in [-0.15, -0.1) is 12.3 Å². The van der Waals surface area contributed by atoms with Gasteiger partial charge < -0.3 is 14.6 Å². The quantitative estimate of drug-likeness (QED) is 0.250. The smallest absolute Gasteiger partial charge is 0.432 e. The summed E-state index contributed by atoms with van der Waals surface area (Å²) in [5.74, 6) is 0.896. The molecule has 0 heterocycles. The summed E-state index contributed by atoms with van der Waals surface area (Å²) in [6.45, 7) is 4.61. The number of aliphatic hydroxyl groups is 1. The van der Waals surface area contributed by atoms with E-state index in [1.807, 2.05) is 13.0 Å². The van der Waals surface area contributed by atoms with Crippen LogP contribution >= 0.6 is 0 Å². The van der Waals surface area contributed by atoms with Gasteiger partial charge in [0, 0.05) is 19.1 Å². The SMILES string of the molecule is C#CCC/C=C(\C)CC[C@@H](OC(=O)[C@@](OC)(c1ccccc1)C(F)(F)F)C(C)(C)O. The molecule has 0 fully saturated rings. The van der Waals surface area contributed by atoms with Gasteiger partial charge in [-0.3, -0.25) is 0 Å². The van der Waals surface area contributed by atoms with E-state index < -0.39 is 35.0 Å². The Labute approximate surface area is 176 Å². The van der Waals surface area contributed by atoms with E-state index in [1.54, 1.807) is 0 Å². The number of alkyl halides is 3. The summed E-state index contributed by atoms with van der Waals surface area (Å²) in [7, 11) is 0.805. The van der Waals surface area contributed by atoms with Gasteiger partial charge in [0.05, 0.1) is 5.60 Å². The number of hydrogen-bond donors (Lipinski definition) is 1. The van der Waals surface area contributed by atoms with E-state index in [4.69, 9.17) is 15.9 Å². The lowest BCUT2D eigenvalue weighted by Gasteiger charge is -2.36. The van der Waals surface area contributed by atoms with Crippen LogP contribution in [0.25, 0.3) is 0 Å². The molecule has 0 aliphatic carbocycles. The van der Waals surface area contributed by atoms with Gasteiger partial charge in [-0.25, -0.2) is 4.79 Å². The summed E-state index contributed by atoms with van der Waals surface area (Å²) < 4.78 is 52.1. The van der Waals surface area contributed by atoms with Gasteiger partial charge in [0.15, 0.2) is 0 Å². The fourth-order valence-electron chi connectivity index (χ4n) is 3.02. The molecule has 166 valence electrons. The molecule has 0 amide bonds. The zero-order valence-electron chi connectivity index (χ0n) is 17.8. The molecule has 0 aliphatic rings. The number of unbranched alkanes of at least 4 members (excludes halogenated alkanes) is 1. The van der Waals surface area contributed by atoms with Crippen LogP contribution in [0, 0.1) is 12.3 Å². The summed E-state index contributed by atoms with van der Waals surface area (Å²) in [6, 6.07) is 6.58. The van der Waals surface area contributed by atoms with E-state index in [0.29, 0.717) is 19.3 Å². The molecule has 0 saturated carbocycles. The third-order valence-corrected chi connectivity index (χ3v) is 4.79. The van der Waals surface area contributed by atoms with Gasteiger partial charge >= 0.3 is 12.1 Å². The van der Waals surface area contributed by atoms with E-state index in [-0.39, 0.29) is 6.42 Å². The molecule has 2 atom stereocenters. The van der Waals surface area contributed by atoms with Crippen LogP contribution in [0.4, 0.5) is 13.2 Å². The molecule has 1 aromatic rings. The number of benzene rings is 1. The molecule has 0 aromatic heterocycles. The molecule has 1 rings (SSSR count). The van der Waals surface area contributed by atoms with Gasteiger partial charge in [-0.1, -0.05) is 42.0 Å². The van der Waals surface area contributed by atoms with Crippen molar-refractivity contribution in [3.05, 3.63) is 47.5 Å². The number of hydrogen-bond acceptors (Lipinski definition) is 4. The van der Waals surface area contributed by atoms with E-state index in [9.17, 15) is 23.1 Å². The second-order valence-corrected chi connectivity index (χ2v) is 7.63. The molecule has 30 heavy (non-hydrogen) atoms. The highest BCUT2D eigenvalue weighted by Crippen LogP contribution is 2.43. The molecule has 0 aliphatic heterocycles. The minimum absolute atomic E-state index is 0.139.